The molecular weight excluding hydrogens is 625 g/mol. The lowest BCUT2D eigenvalue weighted by Crippen LogP contribution is -2.58. The highest BCUT2D eigenvalue weighted by atomic mass is 35.5. The highest BCUT2D eigenvalue weighted by Gasteiger charge is 2.35. The van der Waals surface area contributed by atoms with Gasteiger partial charge in [0.25, 0.3) is 0 Å². The van der Waals surface area contributed by atoms with E-state index >= 15 is 4.39 Å². The van der Waals surface area contributed by atoms with Crippen molar-refractivity contribution in [2.45, 2.75) is 50.4 Å². The van der Waals surface area contributed by atoms with Crippen molar-refractivity contribution >= 4 is 46.0 Å². The average molecular weight is 655 g/mol. The van der Waals surface area contributed by atoms with Gasteiger partial charge in [0, 0.05) is 58.4 Å². The van der Waals surface area contributed by atoms with Crippen molar-refractivity contribution in [1.82, 2.24) is 14.5 Å². The van der Waals surface area contributed by atoms with Crippen molar-refractivity contribution in [3.63, 3.8) is 0 Å². The molecule has 3 aromatic carbocycles. The van der Waals surface area contributed by atoms with Crippen LogP contribution >= 0.6 is 23.4 Å². The van der Waals surface area contributed by atoms with Gasteiger partial charge in [0.15, 0.2) is 0 Å². The van der Waals surface area contributed by atoms with Crippen LogP contribution in [0, 0.1) is 24.4 Å². The lowest BCUT2D eigenvalue weighted by atomic mass is 9.97. The molecule has 6 rings (SSSR count). The van der Waals surface area contributed by atoms with E-state index in [2.05, 4.69) is 11.6 Å². The van der Waals surface area contributed by atoms with Gasteiger partial charge in [-0.15, -0.1) is 11.8 Å². The molecule has 7 nitrogen and oxygen atoms in total. The largest absolute Gasteiger partial charge is 0.488 e. The van der Waals surface area contributed by atoms with Gasteiger partial charge in [-0.1, -0.05) is 18.2 Å². The van der Waals surface area contributed by atoms with E-state index < -0.39 is 29.2 Å². The summed E-state index contributed by atoms with van der Waals surface area (Å²) in [5.74, 6) is -0.961. The molecule has 2 aliphatic heterocycles. The summed E-state index contributed by atoms with van der Waals surface area (Å²) < 4.78 is 50.9. The van der Waals surface area contributed by atoms with Crippen LogP contribution in [0.25, 0.3) is 22.0 Å². The Labute approximate surface area is 267 Å². The number of amides is 1. The smallest absolute Gasteiger partial charge is 0.350 e. The summed E-state index contributed by atoms with van der Waals surface area (Å²) in [6.45, 7) is 10.3. The summed E-state index contributed by atoms with van der Waals surface area (Å²) in [5, 5.41) is 0.453. The van der Waals surface area contributed by atoms with Gasteiger partial charge in [-0.25, -0.2) is 18.0 Å². The van der Waals surface area contributed by atoms with Crippen LogP contribution in [-0.2, 0) is 11.3 Å². The Balaban J connectivity index is 1.54. The highest BCUT2D eigenvalue weighted by Crippen LogP contribution is 2.45. The first-order valence-electron chi connectivity index (χ1n) is 14.4. The number of carbonyl (C=O) groups excluding carboxylic acids is 1. The maximum atomic E-state index is 15.4. The molecule has 0 unspecified atom stereocenters. The molecule has 0 N–H and O–H groups in total. The number of hydrogen-bond acceptors (Lipinski definition) is 6. The number of halogens is 4. The molecule has 1 fully saturated rings. The molecule has 0 aliphatic carbocycles. The van der Waals surface area contributed by atoms with Gasteiger partial charge in [-0.05, 0) is 68.8 Å². The number of aromatic nitrogens is 2. The Morgan fingerprint density at radius 3 is 2.42 bits per heavy atom. The standard InChI is InChI=1S/C33H30ClF3N4O3S/c1-5-28(42)41-18(3)13-39(14-19(41)4)32-24-10-17(2)29(23-11-25(34)27(37)12-26(23)36)31-30(24)40(33(43)38-32)15-22(16-45-31)44-21-8-6-20(35)7-9-21/h5-12,18-19,22H,1,13-16H2,2-4H3/t18-,19+,22-/m0/s1. The van der Waals surface area contributed by atoms with Crippen molar-refractivity contribution < 1.29 is 22.7 Å². The first-order chi connectivity index (χ1) is 21.5. The number of hydrogen-bond donors (Lipinski definition) is 0. The Kier molecular flexibility index (Phi) is 8.34. The van der Waals surface area contributed by atoms with Crippen molar-refractivity contribution in [2.75, 3.05) is 23.7 Å². The molecule has 1 saturated heterocycles. The SMILES string of the molecule is C=CC(=O)N1[C@H](C)CN(c2nc(=O)n3c4c(c(-c5cc(Cl)c(F)cc5F)c(C)cc24)SC[C@@H](Oc2ccc(F)cc2)C3)C[C@@H]1C. The van der Waals surface area contributed by atoms with Crippen LogP contribution in [0.1, 0.15) is 19.4 Å². The number of anilines is 1. The predicted molar refractivity (Wildman–Crippen MR) is 171 cm³/mol. The average Bonchev–Trinajstić information content (AvgIpc) is 3.18. The molecule has 4 aromatic rings. The number of thioether (sulfide) groups is 1. The topological polar surface area (TPSA) is 67.7 Å². The molecule has 0 radical (unpaired) electrons. The van der Waals surface area contributed by atoms with E-state index in [1.54, 1.807) is 4.90 Å². The zero-order valence-electron chi connectivity index (χ0n) is 24.8. The molecular formula is C33H30ClF3N4O3S. The predicted octanol–water partition coefficient (Wildman–Crippen LogP) is 6.61. The van der Waals surface area contributed by atoms with Crippen molar-refractivity contribution in [2.24, 2.45) is 0 Å². The molecule has 3 heterocycles. The van der Waals surface area contributed by atoms with E-state index in [0.717, 1.165) is 6.07 Å². The van der Waals surface area contributed by atoms with E-state index in [1.807, 2.05) is 31.7 Å². The van der Waals surface area contributed by atoms with Crippen LogP contribution < -0.4 is 15.3 Å². The van der Waals surface area contributed by atoms with E-state index in [1.165, 1.54) is 52.7 Å². The summed E-state index contributed by atoms with van der Waals surface area (Å²) in [6, 6.07) is 9.13. The molecule has 0 saturated carbocycles. The Bertz CT molecular complexity index is 1890. The van der Waals surface area contributed by atoms with Crippen LogP contribution in [0.15, 0.2) is 64.8 Å². The van der Waals surface area contributed by atoms with E-state index in [0.29, 0.717) is 57.3 Å². The van der Waals surface area contributed by atoms with Gasteiger partial charge in [-0.2, -0.15) is 4.98 Å². The minimum Gasteiger partial charge on any atom is -0.488 e. The monoisotopic (exact) mass is 654 g/mol. The van der Waals surface area contributed by atoms with Gasteiger partial charge in [0.1, 0.15) is 35.1 Å². The van der Waals surface area contributed by atoms with Crippen molar-refractivity contribution in [1.29, 1.82) is 0 Å². The van der Waals surface area contributed by atoms with E-state index in [4.69, 9.17) is 16.3 Å². The lowest BCUT2D eigenvalue weighted by molar-refractivity contribution is -0.130. The fourth-order valence-corrected chi connectivity index (χ4v) is 7.83. The van der Waals surface area contributed by atoms with Crippen LogP contribution in [0.3, 0.4) is 0 Å². The number of nitrogens with zero attached hydrogens (tertiary/aromatic N) is 4. The van der Waals surface area contributed by atoms with Crippen LogP contribution in [0.5, 0.6) is 5.75 Å². The summed E-state index contributed by atoms with van der Waals surface area (Å²) in [6.07, 6.45) is 0.775. The van der Waals surface area contributed by atoms with Gasteiger partial charge in [0.05, 0.1) is 17.1 Å². The van der Waals surface area contributed by atoms with Gasteiger partial charge < -0.3 is 14.5 Å². The van der Waals surface area contributed by atoms with E-state index in [9.17, 15) is 18.4 Å². The summed E-state index contributed by atoms with van der Waals surface area (Å²) in [7, 11) is 0. The Hall–Kier alpha value is -3.96. The molecule has 1 amide bonds. The second-order valence-electron chi connectivity index (χ2n) is 11.4. The maximum Gasteiger partial charge on any atom is 0.350 e. The summed E-state index contributed by atoms with van der Waals surface area (Å²) in [4.78, 5) is 35.4. The fourth-order valence-electron chi connectivity index (χ4n) is 6.37. The first-order valence-corrected chi connectivity index (χ1v) is 15.8. The molecule has 12 heteroatoms. The van der Waals surface area contributed by atoms with Crippen molar-refractivity contribution in [3.8, 4) is 16.9 Å². The third-order valence-electron chi connectivity index (χ3n) is 8.24. The lowest BCUT2D eigenvalue weighted by Gasteiger charge is -2.44. The number of carbonyl (C=O) groups is 1. The van der Waals surface area contributed by atoms with Gasteiger partial charge in [-0.3, -0.25) is 9.36 Å². The van der Waals surface area contributed by atoms with Gasteiger partial charge in [0.2, 0.25) is 5.91 Å². The zero-order chi connectivity index (χ0) is 32.2. The van der Waals surface area contributed by atoms with Crippen LogP contribution in [0.2, 0.25) is 5.02 Å². The highest BCUT2D eigenvalue weighted by molar-refractivity contribution is 7.99. The third-order valence-corrected chi connectivity index (χ3v) is 9.75. The Morgan fingerprint density at radius 1 is 1.07 bits per heavy atom. The van der Waals surface area contributed by atoms with Gasteiger partial charge >= 0.3 is 5.69 Å². The second-order valence-corrected chi connectivity index (χ2v) is 12.9. The van der Waals surface area contributed by atoms with Crippen LogP contribution in [0.4, 0.5) is 19.0 Å². The molecule has 234 valence electrons. The fraction of sp³-hybridized carbons (Fsp3) is 0.303. The Morgan fingerprint density at radius 2 is 1.76 bits per heavy atom. The second kappa shape index (κ2) is 12.1. The molecule has 1 aromatic heterocycles. The first kappa shape index (κ1) is 31.0. The summed E-state index contributed by atoms with van der Waals surface area (Å²) in [5.41, 5.74) is 1.30. The number of rotatable bonds is 5. The quantitative estimate of drug-likeness (QED) is 0.178. The molecule has 2 aliphatic rings. The normalized spacial score (nSPS) is 19.8. The maximum absolute atomic E-state index is 15.4. The number of benzene rings is 3. The number of piperazine rings is 1. The minimum atomic E-state index is -0.872. The molecule has 3 atom stereocenters. The van der Waals surface area contributed by atoms with Crippen LogP contribution in [-0.4, -0.2) is 57.4 Å². The zero-order valence-corrected chi connectivity index (χ0v) is 26.4. The molecule has 0 bridgehead atoms. The van der Waals surface area contributed by atoms with Crippen molar-refractivity contribution in [3.05, 3.63) is 93.6 Å². The number of ether oxygens (including phenoxy) is 1. The molecule has 0 spiro atoms. The molecule has 45 heavy (non-hydrogen) atoms. The third kappa shape index (κ3) is 5.68. The minimum absolute atomic E-state index is 0.109. The number of aryl methyl sites for hydroxylation is 1. The van der Waals surface area contributed by atoms with E-state index in [-0.39, 0.29) is 35.1 Å². The summed E-state index contributed by atoms with van der Waals surface area (Å²) >= 11 is 7.51.